The van der Waals surface area contributed by atoms with Crippen LogP contribution in [0.25, 0.3) is 0 Å². The van der Waals surface area contributed by atoms with Crippen molar-refractivity contribution in [2.24, 2.45) is 23.0 Å². The van der Waals surface area contributed by atoms with Gasteiger partial charge in [-0.1, -0.05) is 20.8 Å². The molecule has 0 saturated heterocycles. The zero-order valence-corrected chi connectivity index (χ0v) is 13.8. The fraction of sp³-hybridized carbons (Fsp3) is 0.667. The van der Waals surface area contributed by atoms with Gasteiger partial charge in [-0.05, 0) is 61.3 Å². The van der Waals surface area contributed by atoms with E-state index in [-0.39, 0.29) is 11.2 Å². The molecule has 0 amide bonds. The molecule has 3 heteroatoms. The summed E-state index contributed by atoms with van der Waals surface area (Å²) >= 11 is 0. The van der Waals surface area contributed by atoms with Crippen LogP contribution in [0.1, 0.15) is 40.5 Å². The summed E-state index contributed by atoms with van der Waals surface area (Å²) in [5.74, 6) is 0.980. The van der Waals surface area contributed by atoms with E-state index in [1.165, 1.54) is 6.42 Å². The van der Waals surface area contributed by atoms with Crippen LogP contribution < -0.4 is 10.6 Å². The molecule has 0 bridgehead atoms. The summed E-state index contributed by atoms with van der Waals surface area (Å²) in [6, 6.07) is 7.16. The highest BCUT2D eigenvalue weighted by molar-refractivity contribution is 5.46. The third kappa shape index (κ3) is 3.39. The molecule has 0 aliphatic heterocycles. The average molecular weight is 292 g/mol. The van der Waals surface area contributed by atoms with Crippen LogP contribution in [0.4, 0.5) is 10.1 Å². The summed E-state index contributed by atoms with van der Waals surface area (Å²) in [5.41, 5.74) is 7.60. The van der Waals surface area contributed by atoms with Crippen molar-refractivity contribution in [3.8, 4) is 0 Å². The van der Waals surface area contributed by atoms with Gasteiger partial charge in [-0.3, -0.25) is 0 Å². The van der Waals surface area contributed by atoms with Crippen molar-refractivity contribution in [1.29, 1.82) is 0 Å². The molecule has 1 saturated carbocycles. The molecule has 1 aromatic rings. The van der Waals surface area contributed by atoms with Crippen LogP contribution in [0.3, 0.4) is 0 Å². The van der Waals surface area contributed by atoms with Crippen molar-refractivity contribution in [2.75, 3.05) is 18.0 Å². The number of halogens is 1. The second-order valence-corrected chi connectivity index (χ2v) is 7.06. The van der Waals surface area contributed by atoms with E-state index >= 15 is 0 Å². The minimum atomic E-state index is -0.174. The quantitative estimate of drug-likeness (QED) is 0.907. The first-order valence-corrected chi connectivity index (χ1v) is 8.12. The first-order valence-electron chi connectivity index (χ1n) is 8.12. The van der Waals surface area contributed by atoms with Crippen molar-refractivity contribution in [3.63, 3.8) is 0 Å². The van der Waals surface area contributed by atoms with E-state index in [1.54, 1.807) is 12.1 Å². The van der Waals surface area contributed by atoms with Crippen molar-refractivity contribution in [1.82, 2.24) is 0 Å². The predicted octanol–water partition coefficient (Wildman–Crippen LogP) is 4.05. The van der Waals surface area contributed by atoms with Gasteiger partial charge in [-0.15, -0.1) is 0 Å². The highest BCUT2D eigenvalue weighted by atomic mass is 19.1. The predicted molar refractivity (Wildman–Crippen MR) is 87.9 cm³/mol. The monoisotopic (exact) mass is 292 g/mol. The van der Waals surface area contributed by atoms with Gasteiger partial charge in [0.1, 0.15) is 5.82 Å². The Morgan fingerprint density at radius 1 is 1.24 bits per heavy atom. The molecule has 2 N–H and O–H groups in total. The molecular weight excluding hydrogens is 263 g/mol. The minimum absolute atomic E-state index is 0.174. The molecule has 2 rings (SSSR count). The molecule has 0 aromatic heterocycles. The summed E-state index contributed by atoms with van der Waals surface area (Å²) in [5, 5.41) is 0. The molecule has 0 radical (unpaired) electrons. The number of anilines is 1. The maximum Gasteiger partial charge on any atom is 0.123 e. The Labute approximate surface area is 128 Å². The Kier molecular flexibility index (Phi) is 4.92. The van der Waals surface area contributed by atoms with Crippen LogP contribution in [0.15, 0.2) is 24.3 Å². The lowest BCUT2D eigenvalue weighted by Gasteiger charge is -2.48. The van der Waals surface area contributed by atoms with Crippen LogP contribution in [-0.2, 0) is 0 Å². The molecule has 0 spiro atoms. The van der Waals surface area contributed by atoms with Gasteiger partial charge in [-0.2, -0.15) is 0 Å². The molecule has 3 atom stereocenters. The first-order chi connectivity index (χ1) is 9.86. The lowest BCUT2D eigenvalue weighted by Crippen LogP contribution is -2.50. The Hall–Kier alpha value is -1.09. The van der Waals surface area contributed by atoms with E-state index < -0.39 is 0 Å². The number of nitrogens with zero attached hydrogens (tertiary/aromatic N) is 1. The fourth-order valence-electron chi connectivity index (χ4n) is 3.60. The second kappa shape index (κ2) is 6.35. The van der Waals surface area contributed by atoms with Gasteiger partial charge < -0.3 is 10.6 Å². The van der Waals surface area contributed by atoms with Crippen molar-refractivity contribution >= 4 is 5.69 Å². The van der Waals surface area contributed by atoms with E-state index in [4.69, 9.17) is 5.73 Å². The SMILES string of the molecule is CCN(CC1CCC(N)C(C)C1(C)C)c1ccc(F)cc1. The highest BCUT2D eigenvalue weighted by Crippen LogP contribution is 2.44. The van der Waals surface area contributed by atoms with Gasteiger partial charge in [0.2, 0.25) is 0 Å². The highest BCUT2D eigenvalue weighted by Gasteiger charge is 2.41. The smallest absolute Gasteiger partial charge is 0.123 e. The molecule has 0 heterocycles. The molecule has 21 heavy (non-hydrogen) atoms. The molecule has 2 nitrogen and oxygen atoms in total. The van der Waals surface area contributed by atoms with E-state index in [0.29, 0.717) is 17.9 Å². The number of rotatable bonds is 4. The number of nitrogens with two attached hydrogens (primary N) is 1. The van der Waals surface area contributed by atoms with Crippen LogP contribution in [0.2, 0.25) is 0 Å². The first kappa shape index (κ1) is 16.3. The van der Waals surface area contributed by atoms with Gasteiger partial charge in [0.15, 0.2) is 0 Å². The maximum atomic E-state index is 13.1. The molecule has 3 unspecified atom stereocenters. The van der Waals surface area contributed by atoms with Gasteiger partial charge >= 0.3 is 0 Å². The van der Waals surface area contributed by atoms with E-state index in [2.05, 4.69) is 32.6 Å². The largest absolute Gasteiger partial charge is 0.372 e. The summed E-state index contributed by atoms with van der Waals surface area (Å²) in [7, 11) is 0. The van der Waals surface area contributed by atoms with Crippen LogP contribution in [0, 0.1) is 23.1 Å². The lowest BCUT2D eigenvalue weighted by molar-refractivity contribution is 0.0583. The third-order valence-corrected chi connectivity index (χ3v) is 5.73. The van der Waals surface area contributed by atoms with Crippen molar-refractivity contribution in [2.45, 2.75) is 46.6 Å². The Morgan fingerprint density at radius 2 is 1.86 bits per heavy atom. The van der Waals surface area contributed by atoms with E-state index in [1.807, 2.05) is 12.1 Å². The van der Waals surface area contributed by atoms with Crippen molar-refractivity contribution in [3.05, 3.63) is 30.1 Å². The molecule has 1 aromatic carbocycles. The van der Waals surface area contributed by atoms with E-state index in [0.717, 1.165) is 25.2 Å². The summed E-state index contributed by atoms with van der Waals surface area (Å²) in [6.07, 6.45) is 2.28. The normalized spacial score (nSPS) is 28.4. The molecule has 118 valence electrons. The number of hydrogen-bond donors (Lipinski definition) is 1. The summed E-state index contributed by atoms with van der Waals surface area (Å²) in [4.78, 5) is 2.36. The lowest BCUT2D eigenvalue weighted by atomic mass is 9.61. The zero-order valence-electron chi connectivity index (χ0n) is 13.8. The Bertz CT molecular complexity index is 455. The second-order valence-electron chi connectivity index (χ2n) is 7.06. The Balaban J connectivity index is 2.13. The standard InChI is InChI=1S/C18H29FN2/c1-5-21(16-9-7-15(19)8-10-16)12-14-6-11-17(20)13(2)18(14,3)4/h7-10,13-14,17H,5-6,11-12,20H2,1-4H3. The zero-order chi connectivity index (χ0) is 15.6. The van der Waals surface area contributed by atoms with Crippen molar-refractivity contribution < 1.29 is 4.39 Å². The van der Waals surface area contributed by atoms with Gasteiger partial charge in [0.05, 0.1) is 0 Å². The third-order valence-electron chi connectivity index (χ3n) is 5.73. The average Bonchev–Trinajstić information content (AvgIpc) is 2.46. The van der Waals surface area contributed by atoms with Gasteiger partial charge in [-0.25, -0.2) is 4.39 Å². The number of hydrogen-bond acceptors (Lipinski definition) is 2. The number of benzene rings is 1. The molecule has 1 fully saturated rings. The van der Waals surface area contributed by atoms with Crippen LogP contribution in [-0.4, -0.2) is 19.1 Å². The molecular formula is C18H29FN2. The molecule has 1 aliphatic carbocycles. The summed E-state index contributed by atoms with van der Waals surface area (Å²) in [6.45, 7) is 11.1. The van der Waals surface area contributed by atoms with Crippen LogP contribution in [0.5, 0.6) is 0 Å². The maximum absolute atomic E-state index is 13.1. The van der Waals surface area contributed by atoms with E-state index in [9.17, 15) is 4.39 Å². The van der Waals surface area contributed by atoms with Gasteiger partial charge in [0.25, 0.3) is 0 Å². The van der Waals surface area contributed by atoms with Crippen LogP contribution >= 0.6 is 0 Å². The minimum Gasteiger partial charge on any atom is -0.372 e. The fourth-order valence-corrected chi connectivity index (χ4v) is 3.60. The topological polar surface area (TPSA) is 29.3 Å². The van der Waals surface area contributed by atoms with Gasteiger partial charge in [0, 0.05) is 24.8 Å². The Morgan fingerprint density at radius 3 is 2.43 bits per heavy atom. The summed E-state index contributed by atoms with van der Waals surface area (Å²) < 4.78 is 13.1. The molecule has 1 aliphatic rings.